The zero-order valence-electron chi connectivity index (χ0n) is 13.4. The summed E-state index contributed by atoms with van der Waals surface area (Å²) in [5.41, 5.74) is 0.541. The number of nitrogens with one attached hydrogen (secondary N) is 1. The van der Waals surface area contributed by atoms with Gasteiger partial charge >= 0.3 is 0 Å². The number of benzene rings is 1. The largest absolute Gasteiger partial charge is 0.380 e. The van der Waals surface area contributed by atoms with Gasteiger partial charge in [0.05, 0.1) is 22.2 Å². The highest BCUT2D eigenvalue weighted by Crippen LogP contribution is 2.24. The van der Waals surface area contributed by atoms with Crippen LogP contribution in [0, 0.1) is 27.3 Å². The molecule has 1 saturated heterocycles. The lowest BCUT2D eigenvalue weighted by Crippen LogP contribution is -2.39. The summed E-state index contributed by atoms with van der Waals surface area (Å²) >= 11 is 0. The number of rotatable bonds is 4. The molecule has 0 amide bonds. The predicted octanol–water partition coefficient (Wildman–Crippen LogP) is 3.08. The van der Waals surface area contributed by atoms with Gasteiger partial charge in [-0.05, 0) is 31.0 Å². The summed E-state index contributed by atoms with van der Waals surface area (Å²) in [6.45, 7) is 1.51. The van der Waals surface area contributed by atoms with E-state index in [4.69, 9.17) is 5.26 Å². The number of halogens is 1. The Balaban J connectivity index is 1.59. The molecule has 0 atom stereocenters. The van der Waals surface area contributed by atoms with Gasteiger partial charge in [-0.2, -0.15) is 5.26 Å². The van der Waals surface area contributed by atoms with Crippen molar-refractivity contribution in [2.45, 2.75) is 18.9 Å². The van der Waals surface area contributed by atoms with Crippen molar-refractivity contribution in [3.05, 3.63) is 58.0 Å². The monoisotopic (exact) mass is 341 g/mol. The minimum atomic E-state index is -0.620. The van der Waals surface area contributed by atoms with Crippen LogP contribution in [0.2, 0.25) is 0 Å². The number of non-ortho nitro benzene ring substituents is 1. The smallest absolute Gasteiger partial charge is 0.272 e. The Bertz CT molecular complexity index is 811. The first-order valence-corrected chi connectivity index (χ1v) is 7.88. The number of anilines is 2. The lowest BCUT2D eigenvalue weighted by atomic mass is 10.0. The SMILES string of the molecule is N#Cc1ccc(N2CCC(Nc3ccc([N+](=O)[O-])cc3F)CC2)nc1. The van der Waals surface area contributed by atoms with Crippen LogP contribution in [0.4, 0.5) is 21.6 Å². The molecule has 0 spiro atoms. The fourth-order valence-corrected chi connectivity index (χ4v) is 2.85. The van der Waals surface area contributed by atoms with Crippen LogP contribution in [0.5, 0.6) is 0 Å². The quantitative estimate of drug-likeness (QED) is 0.678. The van der Waals surface area contributed by atoms with Crippen molar-refractivity contribution in [3.8, 4) is 6.07 Å². The maximum absolute atomic E-state index is 14.0. The Hall–Kier alpha value is -3.21. The number of nitro benzene ring substituents is 1. The van der Waals surface area contributed by atoms with Crippen LogP contribution in [-0.4, -0.2) is 29.0 Å². The number of pyridine rings is 1. The highest BCUT2D eigenvalue weighted by molar-refractivity contribution is 5.51. The topological polar surface area (TPSA) is 95.1 Å². The lowest BCUT2D eigenvalue weighted by Gasteiger charge is -2.33. The van der Waals surface area contributed by atoms with E-state index in [1.807, 2.05) is 12.1 Å². The Morgan fingerprint density at radius 3 is 2.64 bits per heavy atom. The molecule has 1 aliphatic rings. The molecule has 8 heteroatoms. The fraction of sp³-hybridized carbons (Fsp3) is 0.294. The number of hydrogen-bond acceptors (Lipinski definition) is 6. The van der Waals surface area contributed by atoms with E-state index in [-0.39, 0.29) is 17.4 Å². The molecule has 1 fully saturated rings. The van der Waals surface area contributed by atoms with Crippen LogP contribution in [0.1, 0.15) is 18.4 Å². The standard InChI is InChI=1S/C17H16FN5O2/c18-15-9-14(23(24)25)2-3-16(15)21-13-5-7-22(8-6-13)17-4-1-12(10-19)11-20-17/h1-4,9,11,13,21H,5-8H2. The minimum Gasteiger partial charge on any atom is -0.380 e. The first kappa shape index (κ1) is 16.6. The fourth-order valence-electron chi connectivity index (χ4n) is 2.85. The summed E-state index contributed by atoms with van der Waals surface area (Å²) in [6.07, 6.45) is 3.13. The van der Waals surface area contributed by atoms with Crippen molar-refractivity contribution in [1.82, 2.24) is 4.98 Å². The Morgan fingerprint density at radius 2 is 2.08 bits per heavy atom. The van der Waals surface area contributed by atoms with E-state index >= 15 is 0 Å². The van der Waals surface area contributed by atoms with Gasteiger partial charge < -0.3 is 10.2 Å². The van der Waals surface area contributed by atoms with Gasteiger partial charge in [0.15, 0.2) is 5.82 Å². The molecule has 128 valence electrons. The highest BCUT2D eigenvalue weighted by atomic mass is 19.1. The second-order valence-electron chi connectivity index (χ2n) is 5.84. The third-order valence-electron chi connectivity index (χ3n) is 4.22. The van der Waals surface area contributed by atoms with Crippen molar-refractivity contribution in [2.24, 2.45) is 0 Å². The van der Waals surface area contributed by atoms with E-state index < -0.39 is 10.7 Å². The number of nitro groups is 1. The van der Waals surface area contributed by atoms with Crippen molar-refractivity contribution < 1.29 is 9.31 Å². The number of aromatic nitrogens is 1. The van der Waals surface area contributed by atoms with Gasteiger partial charge in [0.1, 0.15) is 11.9 Å². The summed E-state index contributed by atoms with van der Waals surface area (Å²) in [5, 5.41) is 22.6. The molecular weight excluding hydrogens is 325 g/mol. The zero-order valence-corrected chi connectivity index (χ0v) is 13.4. The van der Waals surface area contributed by atoms with Crippen LogP contribution in [0.25, 0.3) is 0 Å². The van der Waals surface area contributed by atoms with Crippen molar-refractivity contribution in [3.63, 3.8) is 0 Å². The summed E-state index contributed by atoms with van der Waals surface area (Å²) in [5.74, 6) is 0.198. The van der Waals surface area contributed by atoms with Crippen LogP contribution >= 0.6 is 0 Å². The third kappa shape index (κ3) is 3.83. The van der Waals surface area contributed by atoms with Crippen LogP contribution < -0.4 is 10.2 Å². The second kappa shape index (κ2) is 7.13. The van der Waals surface area contributed by atoms with Gasteiger partial charge in [0, 0.05) is 31.4 Å². The van der Waals surface area contributed by atoms with Gasteiger partial charge in [0.2, 0.25) is 0 Å². The van der Waals surface area contributed by atoms with Gasteiger partial charge in [-0.25, -0.2) is 9.37 Å². The Morgan fingerprint density at radius 1 is 1.32 bits per heavy atom. The third-order valence-corrected chi connectivity index (χ3v) is 4.22. The molecule has 1 aliphatic heterocycles. The maximum atomic E-state index is 14.0. The summed E-state index contributed by atoms with van der Waals surface area (Å²) < 4.78 is 14.0. The second-order valence-corrected chi connectivity index (χ2v) is 5.84. The number of nitriles is 1. The predicted molar refractivity (Wildman–Crippen MR) is 90.9 cm³/mol. The molecule has 1 N–H and O–H groups in total. The molecule has 7 nitrogen and oxygen atoms in total. The Labute approximate surface area is 143 Å². The van der Waals surface area contributed by atoms with Crippen LogP contribution in [0.3, 0.4) is 0 Å². The first-order valence-electron chi connectivity index (χ1n) is 7.88. The number of piperidine rings is 1. The molecule has 25 heavy (non-hydrogen) atoms. The molecule has 0 radical (unpaired) electrons. The van der Waals surface area contributed by atoms with Crippen LogP contribution in [0.15, 0.2) is 36.5 Å². The van der Waals surface area contributed by atoms with E-state index in [9.17, 15) is 14.5 Å². The average Bonchev–Trinajstić information content (AvgIpc) is 2.64. The van der Waals surface area contributed by atoms with E-state index in [1.54, 1.807) is 12.3 Å². The van der Waals surface area contributed by atoms with Crippen molar-refractivity contribution in [2.75, 3.05) is 23.3 Å². The molecular formula is C17H16FN5O2. The van der Waals surface area contributed by atoms with E-state index in [0.29, 0.717) is 5.56 Å². The minimum absolute atomic E-state index is 0.0885. The molecule has 2 aromatic rings. The summed E-state index contributed by atoms with van der Waals surface area (Å²) in [4.78, 5) is 16.4. The van der Waals surface area contributed by atoms with Crippen LogP contribution in [-0.2, 0) is 0 Å². The van der Waals surface area contributed by atoms with Gasteiger partial charge in [-0.3, -0.25) is 10.1 Å². The lowest BCUT2D eigenvalue weighted by molar-refractivity contribution is -0.385. The molecule has 0 aliphatic carbocycles. The molecule has 1 aromatic carbocycles. The van der Waals surface area contributed by atoms with E-state index in [2.05, 4.69) is 15.2 Å². The maximum Gasteiger partial charge on any atom is 0.272 e. The molecule has 0 bridgehead atoms. The Kier molecular flexibility index (Phi) is 4.75. The van der Waals surface area contributed by atoms with Crippen molar-refractivity contribution >= 4 is 17.2 Å². The zero-order chi connectivity index (χ0) is 17.8. The molecule has 0 saturated carbocycles. The molecule has 3 rings (SSSR count). The first-order chi connectivity index (χ1) is 12.1. The normalized spacial score (nSPS) is 14.8. The van der Waals surface area contributed by atoms with Gasteiger partial charge in [-0.1, -0.05) is 0 Å². The van der Waals surface area contributed by atoms with Gasteiger partial charge in [-0.15, -0.1) is 0 Å². The summed E-state index contributed by atoms with van der Waals surface area (Å²) in [7, 11) is 0. The molecule has 1 aromatic heterocycles. The molecule has 0 unspecified atom stereocenters. The van der Waals surface area contributed by atoms with Crippen molar-refractivity contribution in [1.29, 1.82) is 5.26 Å². The van der Waals surface area contributed by atoms with E-state index in [1.165, 1.54) is 12.1 Å². The summed E-state index contributed by atoms with van der Waals surface area (Å²) in [6, 6.07) is 9.31. The number of hydrogen-bond donors (Lipinski definition) is 1. The molecule has 2 heterocycles. The van der Waals surface area contributed by atoms with Gasteiger partial charge in [0.25, 0.3) is 5.69 Å². The number of nitrogens with zero attached hydrogens (tertiary/aromatic N) is 4. The van der Waals surface area contributed by atoms with E-state index in [0.717, 1.165) is 37.8 Å². The highest BCUT2D eigenvalue weighted by Gasteiger charge is 2.21. The average molecular weight is 341 g/mol.